The molecule has 0 aliphatic rings. The number of rotatable bonds is 3. The highest BCUT2D eigenvalue weighted by molar-refractivity contribution is 9.10. The quantitative estimate of drug-likeness (QED) is 0.807. The van der Waals surface area contributed by atoms with Crippen molar-refractivity contribution in [2.75, 3.05) is 5.32 Å². The van der Waals surface area contributed by atoms with Gasteiger partial charge in [-0.1, -0.05) is 46.3 Å². The summed E-state index contributed by atoms with van der Waals surface area (Å²) in [4.78, 5) is 23.7. The third kappa shape index (κ3) is 4.86. The van der Waals surface area contributed by atoms with E-state index >= 15 is 0 Å². The lowest BCUT2D eigenvalue weighted by Gasteiger charge is -2.07. The van der Waals surface area contributed by atoms with E-state index in [1.807, 2.05) is 30.3 Å². The summed E-state index contributed by atoms with van der Waals surface area (Å²) < 4.78 is 0.913. The Kier molecular flexibility index (Phi) is 5.49. The van der Waals surface area contributed by atoms with Crippen molar-refractivity contribution in [3.05, 3.63) is 70.2 Å². The normalized spacial score (nSPS) is 10.9. The molecular weight excluding hydrogens is 344 g/mol. The van der Waals surface area contributed by atoms with Gasteiger partial charge in [-0.25, -0.2) is 4.79 Å². The molecule has 2 aromatic carbocycles. The fourth-order valence-corrected chi connectivity index (χ4v) is 2.03. The molecule has 2 aromatic rings. The fourth-order valence-electron chi connectivity index (χ4n) is 1.76. The molecule has 0 aliphatic carbocycles. The van der Waals surface area contributed by atoms with Crippen molar-refractivity contribution >= 4 is 39.6 Å². The minimum atomic E-state index is -0.562. The maximum absolute atomic E-state index is 12.0. The number of amides is 3. The third-order valence-corrected chi connectivity index (χ3v) is 3.40. The minimum Gasteiger partial charge on any atom is -0.308 e. The second-order valence-electron chi connectivity index (χ2n) is 4.65. The van der Waals surface area contributed by atoms with Gasteiger partial charge in [-0.2, -0.15) is 0 Å². The third-order valence-electron chi connectivity index (χ3n) is 2.87. The van der Waals surface area contributed by atoms with Crippen molar-refractivity contribution in [3.63, 3.8) is 0 Å². The van der Waals surface area contributed by atoms with Gasteiger partial charge in [-0.15, -0.1) is 0 Å². The Morgan fingerprint density at radius 2 is 1.64 bits per heavy atom. The van der Waals surface area contributed by atoms with Crippen LogP contribution < -0.4 is 10.6 Å². The molecular formula is C17H15BrN2O2. The first kappa shape index (κ1) is 16.0. The predicted molar refractivity (Wildman–Crippen MR) is 91.4 cm³/mol. The molecule has 0 saturated heterocycles. The molecule has 112 valence electrons. The Morgan fingerprint density at radius 1 is 1.00 bits per heavy atom. The van der Waals surface area contributed by atoms with Crippen LogP contribution in [0.15, 0.2) is 64.6 Å². The first-order valence-electron chi connectivity index (χ1n) is 6.66. The highest BCUT2D eigenvalue weighted by atomic mass is 79.9. The van der Waals surface area contributed by atoms with Crippen LogP contribution in [0.4, 0.5) is 10.5 Å². The summed E-state index contributed by atoms with van der Waals surface area (Å²) in [6.07, 6.45) is 1.72. The topological polar surface area (TPSA) is 58.2 Å². The van der Waals surface area contributed by atoms with Gasteiger partial charge in [-0.3, -0.25) is 10.1 Å². The van der Waals surface area contributed by atoms with Crippen LogP contribution in [0.3, 0.4) is 0 Å². The SMILES string of the molecule is C/C(=C/c1ccccc1)C(=O)NC(=O)Nc1ccc(Br)cc1. The molecule has 0 atom stereocenters. The molecule has 4 nitrogen and oxygen atoms in total. The van der Waals surface area contributed by atoms with Gasteiger partial charge < -0.3 is 5.32 Å². The Labute approximate surface area is 137 Å². The van der Waals surface area contributed by atoms with Crippen LogP contribution in [-0.4, -0.2) is 11.9 Å². The van der Waals surface area contributed by atoms with Crippen LogP contribution in [0.1, 0.15) is 12.5 Å². The van der Waals surface area contributed by atoms with Crippen LogP contribution in [0.25, 0.3) is 6.08 Å². The maximum atomic E-state index is 12.0. The summed E-state index contributed by atoms with van der Waals surface area (Å²) in [5, 5.41) is 4.89. The summed E-state index contributed by atoms with van der Waals surface area (Å²) in [7, 11) is 0. The summed E-state index contributed by atoms with van der Waals surface area (Å²) in [6, 6.07) is 16.0. The molecule has 5 heteroatoms. The Hall–Kier alpha value is -2.40. The largest absolute Gasteiger partial charge is 0.326 e. The zero-order chi connectivity index (χ0) is 15.9. The molecule has 0 aliphatic heterocycles. The lowest BCUT2D eigenvalue weighted by Crippen LogP contribution is -2.34. The Bertz CT molecular complexity index is 694. The van der Waals surface area contributed by atoms with Gasteiger partial charge in [0.15, 0.2) is 0 Å². The number of imide groups is 1. The maximum Gasteiger partial charge on any atom is 0.326 e. The molecule has 0 unspecified atom stereocenters. The molecule has 0 aromatic heterocycles. The van der Waals surface area contributed by atoms with Crippen molar-refractivity contribution in [1.29, 1.82) is 0 Å². The molecule has 22 heavy (non-hydrogen) atoms. The average Bonchev–Trinajstić information content (AvgIpc) is 2.50. The summed E-state index contributed by atoms with van der Waals surface area (Å²) in [6.45, 7) is 1.66. The van der Waals surface area contributed by atoms with Gasteiger partial charge in [0.05, 0.1) is 0 Å². The van der Waals surface area contributed by atoms with E-state index in [0.717, 1.165) is 10.0 Å². The van der Waals surface area contributed by atoms with E-state index in [0.29, 0.717) is 11.3 Å². The second-order valence-corrected chi connectivity index (χ2v) is 5.57. The molecule has 2 rings (SSSR count). The monoisotopic (exact) mass is 358 g/mol. The minimum absolute atomic E-state index is 0.432. The highest BCUT2D eigenvalue weighted by Gasteiger charge is 2.09. The smallest absolute Gasteiger partial charge is 0.308 e. The Balaban J connectivity index is 1.95. The average molecular weight is 359 g/mol. The molecule has 0 saturated carbocycles. The van der Waals surface area contributed by atoms with Crippen LogP contribution in [0.5, 0.6) is 0 Å². The van der Waals surface area contributed by atoms with Crippen molar-refractivity contribution in [3.8, 4) is 0 Å². The van der Waals surface area contributed by atoms with E-state index in [2.05, 4.69) is 26.6 Å². The zero-order valence-corrected chi connectivity index (χ0v) is 13.6. The summed E-state index contributed by atoms with van der Waals surface area (Å²) >= 11 is 3.31. The molecule has 0 heterocycles. The van der Waals surface area contributed by atoms with Gasteiger partial charge >= 0.3 is 6.03 Å². The van der Waals surface area contributed by atoms with Crippen LogP contribution in [0.2, 0.25) is 0 Å². The van der Waals surface area contributed by atoms with E-state index in [1.54, 1.807) is 37.3 Å². The van der Waals surface area contributed by atoms with E-state index < -0.39 is 11.9 Å². The van der Waals surface area contributed by atoms with Crippen LogP contribution in [0, 0.1) is 0 Å². The number of anilines is 1. The number of urea groups is 1. The predicted octanol–water partition coefficient (Wildman–Crippen LogP) is 4.20. The molecule has 0 bridgehead atoms. The number of carbonyl (C=O) groups excluding carboxylic acids is 2. The number of halogens is 1. The van der Waals surface area contributed by atoms with Crippen molar-refractivity contribution < 1.29 is 9.59 Å². The van der Waals surface area contributed by atoms with Gasteiger partial charge in [0.2, 0.25) is 0 Å². The van der Waals surface area contributed by atoms with Gasteiger partial charge in [0.25, 0.3) is 5.91 Å². The summed E-state index contributed by atoms with van der Waals surface area (Å²) in [5.41, 5.74) is 1.97. The van der Waals surface area contributed by atoms with Gasteiger partial charge in [0, 0.05) is 15.7 Å². The lowest BCUT2D eigenvalue weighted by atomic mass is 10.1. The van der Waals surface area contributed by atoms with Gasteiger partial charge in [-0.05, 0) is 42.8 Å². The molecule has 0 fully saturated rings. The number of benzene rings is 2. The molecule has 3 amide bonds. The van der Waals surface area contributed by atoms with E-state index in [4.69, 9.17) is 0 Å². The van der Waals surface area contributed by atoms with Crippen molar-refractivity contribution in [2.45, 2.75) is 6.92 Å². The molecule has 0 spiro atoms. The standard InChI is InChI=1S/C17H15BrN2O2/c1-12(11-13-5-3-2-4-6-13)16(21)20-17(22)19-15-9-7-14(18)8-10-15/h2-11H,1H3,(H2,19,20,21,22)/b12-11-. The van der Waals surface area contributed by atoms with Crippen LogP contribution >= 0.6 is 15.9 Å². The molecule has 2 N–H and O–H groups in total. The molecule has 0 radical (unpaired) electrons. The van der Waals surface area contributed by atoms with Crippen molar-refractivity contribution in [1.82, 2.24) is 5.32 Å². The Morgan fingerprint density at radius 3 is 2.27 bits per heavy atom. The summed E-state index contributed by atoms with van der Waals surface area (Å²) in [5.74, 6) is -0.432. The first-order chi connectivity index (χ1) is 10.5. The second kappa shape index (κ2) is 7.56. The highest BCUT2D eigenvalue weighted by Crippen LogP contribution is 2.14. The van der Waals surface area contributed by atoms with Crippen LogP contribution in [-0.2, 0) is 4.79 Å². The number of carbonyl (C=O) groups is 2. The van der Waals surface area contributed by atoms with E-state index in [9.17, 15) is 9.59 Å². The number of hydrogen-bond acceptors (Lipinski definition) is 2. The zero-order valence-electron chi connectivity index (χ0n) is 12.0. The van der Waals surface area contributed by atoms with Crippen molar-refractivity contribution in [2.24, 2.45) is 0 Å². The number of hydrogen-bond donors (Lipinski definition) is 2. The number of nitrogens with one attached hydrogen (secondary N) is 2. The van der Waals surface area contributed by atoms with E-state index in [-0.39, 0.29) is 0 Å². The van der Waals surface area contributed by atoms with Gasteiger partial charge in [0.1, 0.15) is 0 Å². The lowest BCUT2D eigenvalue weighted by molar-refractivity contribution is -0.116. The fraction of sp³-hybridized carbons (Fsp3) is 0.0588. The first-order valence-corrected chi connectivity index (χ1v) is 7.45. The van der Waals surface area contributed by atoms with E-state index in [1.165, 1.54) is 0 Å².